The molecule has 1 atom stereocenters. The Kier molecular flexibility index (Phi) is 5.45. The smallest absolute Gasteiger partial charge is 0.319 e. The van der Waals surface area contributed by atoms with Crippen LogP contribution in [0.15, 0.2) is 59.8 Å². The molecule has 0 radical (unpaired) electrons. The van der Waals surface area contributed by atoms with Crippen LogP contribution in [-0.2, 0) is 4.79 Å². The Bertz CT molecular complexity index is 871. The van der Waals surface area contributed by atoms with E-state index in [1.165, 1.54) is 0 Å². The summed E-state index contributed by atoms with van der Waals surface area (Å²) >= 11 is 0. The molecule has 2 aromatic carbocycles. The first-order valence-corrected chi connectivity index (χ1v) is 8.87. The number of benzene rings is 2. The minimum Gasteiger partial charge on any atom is -0.494 e. The summed E-state index contributed by atoms with van der Waals surface area (Å²) in [6.07, 6.45) is 0. The summed E-state index contributed by atoms with van der Waals surface area (Å²) in [4.78, 5) is 24.9. The van der Waals surface area contributed by atoms with E-state index < -0.39 is 6.04 Å². The third-order valence-corrected chi connectivity index (χ3v) is 4.35. The molecule has 0 saturated carbocycles. The van der Waals surface area contributed by atoms with E-state index in [0.29, 0.717) is 23.6 Å². The molecule has 1 aliphatic rings. The van der Waals surface area contributed by atoms with Crippen LogP contribution in [0.4, 0.5) is 10.5 Å². The van der Waals surface area contributed by atoms with Gasteiger partial charge in [0.05, 0.1) is 18.2 Å². The fourth-order valence-corrected chi connectivity index (χ4v) is 3.00. The van der Waals surface area contributed by atoms with Gasteiger partial charge < -0.3 is 20.7 Å². The molecule has 0 aromatic heterocycles. The molecular weight excluding hydrogens is 342 g/mol. The van der Waals surface area contributed by atoms with Crippen LogP contribution < -0.4 is 20.7 Å². The average molecular weight is 365 g/mol. The Morgan fingerprint density at radius 3 is 2.37 bits per heavy atom. The van der Waals surface area contributed by atoms with Crippen molar-refractivity contribution in [1.82, 2.24) is 10.6 Å². The first-order valence-electron chi connectivity index (χ1n) is 8.87. The summed E-state index contributed by atoms with van der Waals surface area (Å²) in [5.74, 6) is 0.482. The van der Waals surface area contributed by atoms with Crippen molar-refractivity contribution in [2.75, 3.05) is 11.9 Å². The lowest BCUT2D eigenvalue weighted by atomic mass is 9.94. The van der Waals surface area contributed by atoms with Gasteiger partial charge in [-0.3, -0.25) is 4.79 Å². The van der Waals surface area contributed by atoms with E-state index in [1.54, 1.807) is 6.92 Å². The number of carbonyl (C=O) groups is 2. The van der Waals surface area contributed by atoms with Crippen molar-refractivity contribution in [2.45, 2.75) is 26.8 Å². The molecule has 3 N–H and O–H groups in total. The van der Waals surface area contributed by atoms with E-state index in [2.05, 4.69) is 16.0 Å². The summed E-state index contributed by atoms with van der Waals surface area (Å²) in [5.41, 5.74) is 3.62. The fourth-order valence-electron chi connectivity index (χ4n) is 3.00. The van der Waals surface area contributed by atoms with E-state index >= 15 is 0 Å². The van der Waals surface area contributed by atoms with E-state index in [9.17, 15) is 9.59 Å². The van der Waals surface area contributed by atoms with Crippen molar-refractivity contribution in [3.8, 4) is 5.75 Å². The molecule has 6 nitrogen and oxygen atoms in total. The molecular formula is C21H23N3O3. The number of anilines is 1. The molecule has 0 saturated heterocycles. The first kappa shape index (κ1) is 18.5. The molecule has 1 aliphatic heterocycles. The van der Waals surface area contributed by atoms with E-state index in [-0.39, 0.29) is 11.9 Å². The monoisotopic (exact) mass is 365 g/mol. The first-order chi connectivity index (χ1) is 13.0. The Balaban J connectivity index is 1.89. The van der Waals surface area contributed by atoms with Crippen molar-refractivity contribution < 1.29 is 14.3 Å². The van der Waals surface area contributed by atoms with Crippen molar-refractivity contribution in [2.24, 2.45) is 0 Å². The van der Waals surface area contributed by atoms with Crippen LogP contribution in [0.3, 0.4) is 0 Å². The topological polar surface area (TPSA) is 79.5 Å². The molecule has 0 spiro atoms. The fraction of sp³-hybridized carbons (Fsp3) is 0.238. The molecule has 0 aliphatic carbocycles. The van der Waals surface area contributed by atoms with Crippen LogP contribution in [0, 0.1) is 6.92 Å². The Hall–Kier alpha value is -3.28. The van der Waals surface area contributed by atoms with Crippen LogP contribution in [0.25, 0.3) is 0 Å². The molecule has 0 bridgehead atoms. The molecule has 0 fully saturated rings. The molecule has 27 heavy (non-hydrogen) atoms. The predicted molar refractivity (Wildman–Crippen MR) is 105 cm³/mol. The molecule has 0 unspecified atom stereocenters. The minimum absolute atomic E-state index is 0.261. The van der Waals surface area contributed by atoms with Crippen LogP contribution in [0.2, 0.25) is 0 Å². The number of hydrogen-bond donors (Lipinski definition) is 3. The number of amides is 3. The third-order valence-electron chi connectivity index (χ3n) is 4.35. The minimum atomic E-state index is -0.542. The van der Waals surface area contributed by atoms with Crippen LogP contribution in [0.5, 0.6) is 5.75 Å². The number of aryl methyl sites for hydroxylation is 1. The quantitative estimate of drug-likeness (QED) is 0.756. The number of allylic oxidation sites excluding steroid dienone is 1. The van der Waals surface area contributed by atoms with Gasteiger partial charge in [0.1, 0.15) is 5.75 Å². The molecule has 1 heterocycles. The summed E-state index contributed by atoms with van der Waals surface area (Å²) in [5, 5.41) is 8.41. The highest BCUT2D eigenvalue weighted by molar-refractivity contribution is 6.06. The lowest BCUT2D eigenvalue weighted by Crippen LogP contribution is -2.45. The lowest BCUT2D eigenvalue weighted by molar-refractivity contribution is -0.113. The summed E-state index contributed by atoms with van der Waals surface area (Å²) in [6.45, 7) is 6.21. The van der Waals surface area contributed by atoms with Crippen LogP contribution in [-0.4, -0.2) is 18.5 Å². The SMILES string of the molecule is CCOc1ccc([C@@H]2NC(=O)NC(C)=C2C(=O)Nc2ccc(C)cc2)cc1. The Morgan fingerprint density at radius 1 is 1.07 bits per heavy atom. The van der Waals surface area contributed by atoms with Crippen molar-refractivity contribution in [1.29, 1.82) is 0 Å². The van der Waals surface area contributed by atoms with Gasteiger partial charge in [-0.05, 0) is 50.6 Å². The van der Waals surface area contributed by atoms with E-state index in [4.69, 9.17) is 4.74 Å². The molecule has 2 aromatic rings. The summed E-state index contributed by atoms with van der Waals surface area (Å²) in [7, 11) is 0. The van der Waals surface area contributed by atoms with Gasteiger partial charge in [0.2, 0.25) is 0 Å². The van der Waals surface area contributed by atoms with Gasteiger partial charge in [-0.15, -0.1) is 0 Å². The highest BCUT2D eigenvalue weighted by Gasteiger charge is 2.31. The van der Waals surface area contributed by atoms with Crippen molar-refractivity contribution in [3.05, 3.63) is 70.9 Å². The Labute approximate surface area is 158 Å². The highest BCUT2D eigenvalue weighted by Crippen LogP contribution is 2.29. The molecule has 6 heteroatoms. The van der Waals surface area contributed by atoms with Gasteiger partial charge >= 0.3 is 6.03 Å². The van der Waals surface area contributed by atoms with Gasteiger partial charge in [-0.1, -0.05) is 29.8 Å². The zero-order valence-corrected chi connectivity index (χ0v) is 15.6. The number of carbonyl (C=O) groups excluding carboxylic acids is 2. The maximum absolute atomic E-state index is 12.9. The number of ether oxygens (including phenoxy) is 1. The number of hydrogen-bond acceptors (Lipinski definition) is 3. The lowest BCUT2D eigenvalue weighted by Gasteiger charge is -2.28. The normalized spacial score (nSPS) is 16.4. The molecule has 3 amide bonds. The second-order valence-electron chi connectivity index (χ2n) is 6.39. The summed E-state index contributed by atoms with van der Waals surface area (Å²) in [6, 6.07) is 14.1. The third kappa shape index (κ3) is 4.28. The zero-order chi connectivity index (χ0) is 19.4. The Morgan fingerprint density at radius 2 is 1.74 bits per heavy atom. The van der Waals surface area contributed by atoms with Gasteiger partial charge in [-0.25, -0.2) is 4.79 Å². The predicted octanol–water partition coefficient (Wildman–Crippen LogP) is 3.66. The van der Waals surface area contributed by atoms with Gasteiger partial charge in [0, 0.05) is 11.4 Å². The number of urea groups is 1. The maximum atomic E-state index is 12.9. The van der Waals surface area contributed by atoms with Crippen LogP contribution in [0.1, 0.15) is 31.0 Å². The maximum Gasteiger partial charge on any atom is 0.319 e. The largest absolute Gasteiger partial charge is 0.494 e. The highest BCUT2D eigenvalue weighted by atomic mass is 16.5. The number of nitrogens with one attached hydrogen (secondary N) is 3. The second kappa shape index (κ2) is 7.95. The standard InChI is InChI=1S/C21H23N3O3/c1-4-27-17-11-7-15(8-12-17)19-18(14(3)22-21(26)24-19)20(25)23-16-9-5-13(2)6-10-16/h5-12,19H,4H2,1-3H3,(H,23,25)(H2,22,24,26)/t19-/m0/s1. The van der Waals surface area contributed by atoms with E-state index in [1.807, 2.05) is 62.4 Å². The number of rotatable bonds is 5. The summed E-state index contributed by atoms with van der Waals surface area (Å²) < 4.78 is 5.46. The van der Waals surface area contributed by atoms with Gasteiger partial charge in [-0.2, -0.15) is 0 Å². The van der Waals surface area contributed by atoms with Crippen LogP contribution >= 0.6 is 0 Å². The van der Waals surface area contributed by atoms with Gasteiger partial charge in [0.15, 0.2) is 0 Å². The average Bonchev–Trinajstić information content (AvgIpc) is 2.64. The van der Waals surface area contributed by atoms with Gasteiger partial charge in [0.25, 0.3) is 5.91 Å². The second-order valence-corrected chi connectivity index (χ2v) is 6.39. The van der Waals surface area contributed by atoms with E-state index in [0.717, 1.165) is 16.9 Å². The molecule has 140 valence electrons. The van der Waals surface area contributed by atoms with Crippen molar-refractivity contribution >= 4 is 17.6 Å². The zero-order valence-electron chi connectivity index (χ0n) is 15.6. The van der Waals surface area contributed by atoms with Crippen molar-refractivity contribution in [3.63, 3.8) is 0 Å². The molecule has 3 rings (SSSR count).